The van der Waals surface area contributed by atoms with E-state index in [0.29, 0.717) is 19.3 Å². The average molecular weight is 907 g/mol. The van der Waals surface area contributed by atoms with Gasteiger partial charge in [0, 0.05) is 19.3 Å². The molecule has 0 aromatic heterocycles. The first-order valence-electron chi connectivity index (χ1n) is 27.4. The van der Waals surface area contributed by atoms with Gasteiger partial charge in [0.25, 0.3) is 0 Å². The molecule has 65 heavy (non-hydrogen) atoms. The van der Waals surface area contributed by atoms with Gasteiger partial charge >= 0.3 is 17.9 Å². The Morgan fingerprint density at radius 1 is 0.323 bits per heavy atom. The standard InChI is InChI=1S/C59H102O6/c1-4-7-10-13-16-19-22-24-26-27-28-29-30-31-33-34-37-40-43-46-49-52-58(61)64-55-56(54-63-57(60)51-48-45-42-39-36-21-18-15-12-9-6-3)65-59(62)53-50-47-44-41-38-35-32-25-23-20-17-14-11-8-5-2/h7,10,15-16,18-19,24-26,28-29,32,56H,4-6,8-9,11-14,17,20-23,27,30-31,33-55H2,1-3H3/b10-7-,18-15-,19-16-,26-24-,29-28-,32-25-. The summed E-state index contributed by atoms with van der Waals surface area (Å²) in [5.74, 6) is -0.907. The van der Waals surface area contributed by atoms with Gasteiger partial charge in [0.1, 0.15) is 13.2 Å². The summed E-state index contributed by atoms with van der Waals surface area (Å²) in [6.45, 7) is 6.47. The molecule has 0 heterocycles. The highest BCUT2D eigenvalue weighted by atomic mass is 16.6. The van der Waals surface area contributed by atoms with Gasteiger partial charge in [-0.25, -0.2) is 0 Å². The molecule has 0 fully saturated rings. The van der Waals surface area contributed by atoms with Crippen molar-refractivity contribution in [1.82, 2.24) is 0 Å². The third-order valence-corrected chi connectivity index (χ3v) is 11.7. The maximum atomic E-state index is 12.8. The van der Waals surface area contributed by atoms with Gasteiger partial charge in [0.2, 0.25) is 0 Å². The molecule has 0 radical (unpaired) electrons. The summed E-state index contributed by atoms with van der Waals surface area (Å²) in [5, 5.41) is 0. The molecule has 0 amide bonds. The minimum atomic E-state index is -0.785. The summed E-state index contributed by atoms with van der Waals surface area (Å²) in [6.07, 6.45) is 67.4. The fourth-order valence-corrected chi connectivity index (χ4v) is 7.53. The highest BCUT2D eigenvalue weighted by Crippen LogP contribution is 2.14. The van der Waals surface area contributed by atoms with Gasteiger partial charge in [-0.05, 0) is 103 Å². The van der Waals surface area contributed by atoms with Gasteiger partial charge in [-0.1, -0.05) is 216 Å². The van der Waals surface area contributed by atoms with Gasteiger partial charge in [0.05, 0.1) is 0 Å². The van der Waals surface area contributed by atoms with E-state index in [0.717, 1.165) is 109 Å². The zero-order valence-corrected chi connectivity index (χ0v) is 42.7. The number of ether oxygens (including phenoxy) is 3. The lowest BCUT2D eigenvalue weighted by Crippen LogP contribution is -2.30. The van der Waals surface area contributed by atoms with Crippen LogP contribution in [0, 0.1) is 0 Å². The van der Waals surface area contributed by atoms with Crippen LogP contribution in [0.25, 0.3) is 0 Å². The zero-order chi connectivity index (χ0) is 47.2. The van der Waals surface area contributed by atoms with E-state index in [-0.39, 0.29) is 31.1 Å². The van der Waals surface area contributed by atoms with Crippen molar-refractivity contribution < 1.29 is 28.6 Å². The first-order valence-corrected chi connectivity index (χ1v) is 27.4. The first kappa shape index (κ1) is 61.9. The highest BCUT2D eigenvalue weighted by Gasteiger charge is 2.19. The van der Waals surface area contributed by atoms with Gasteiger partial charge in [-0.15, -0.1) is 0 Å². The molecule has 0 aromatic rings. The van der Waals surface area contributed by atoms with Crippen molar-refractivity contribution in [3.05, 3.63) is 72.9 Å². The van der Waals surface area contributed by atoms with Crippen molar-refractivity contribution in [2.75, 3.05) is 13.2 Å². The summed E-state index contributed by atoms with van der Waals surface area (Å²) >= 11 is 0. The molecule has 1 unspecified atom stereocenters. The average Bonchev–Trinajstić information content (AvgIpc) is 3.30. The number of unbranched alkanes of at least 4 members (excludes halogenated alkanes) is 26. The lowest BCUT2D eigenvalue weighted by atomic mass is 10.1. The van der Waals surface area contributed by atoms with Crippen LogP contribution in [0.1, 0.15) is 265 Å². The summed E-state index contributed by atoms with van der Waals surface area (Å²) < 4.78 is 16.8. The van der Waals surface area contributed by atoms with Gasteiger partial charge in [-0.2, -0.15) is 0 Å². The van der Waals surface area contributed by atoms with Crippen LogP contribution in [0.4, 0.5) is 0 Å². The molecule has 0 bridgehead atoms. The minimum absolute atomic E-state index is 0.0853. The van der Waals surface area contributed by atoms with Crippen molar-refractivity contribution in [2.45, 2.75) is 271 Å². The third kappa shape index (κ3) is 51.7. The van der Waals surface area contributed by atoms with Crippen LogP contribution in [-0.4, -0.2) is 37.2 Å². The number of allylic oxidation sites excluding steroid dienone is 12. The second-order valence-electron chi connectivity index (χ2n) is 18.1. The van der Waals surface area contributed by atoms with Crippen molar-refractivity contribution in [3.63, 3.8) is 0 Å². The molecule has 0 N–H and O–H groups in total. The summed E-state index contributed by atoms with van der Waals surface area (Å²) in [5.41, 5.74) is 0. The lowest BCUT2D eigenvalue weighted by molar-refractivity contribution is -0.167. The molecular formula is C59H102O6. The Hall–Kier alpha value is -3.15. The molecule has 6 nitrogen and oxygen atoms in total. The lowest BCUT2D eigenvalue weighted by Gasteiger charge is -2.18. The van der Waals surface area contributed by atoms with E-state index < -0.39 is 6.10 Å². The molecule has 374 valence electrons. The van der Waals surface area contributed by atoms with Crippen molar-refractivity contribution in [2.24, 2.45) is 0 Å². The Morgan fingerprint density at radius 2 is 0.615 bits per heavy atom. The second-order valence-corrected chi connectivity index (χ2v) is 18.1. The molecule has 0 saturated heterocycles. The summed E-state index contributed by atoms with van der Waals surface area (Å²) in [7, 11) is 0. The van der Waals surface area contributed by atoms with Crippen LogP contribution in [-0.2, 0) is 28.6 Å². The quantitative estimate of drug-likeness (QED) is 0.0262. The van der Waals surface area contributed by atoms with E-state index in [1.807, 2.05) is 0 Å². The van der Waals surface area contributed by atoms with Crippen LogP contribution >= 0.6 is 0 Å². The number of hydrogen-bond donors (Lipinski definition) is 0. The topological polar surface area (TPSA) is 78.9 Å². The van der Waals surface area contributed by atoms with Crippen LogP contribution < -0.4 is 0 Å². The zero-order valence-electron chi connectivity index (χ0n) is 42.7. The third-order valence-electron chi connectivity index (χ3n) is 11.7. The molecule has 0 rings (SSSR count). The monoisotopic (exact) mass is 907 g/mol. The maximum absolute atomic E-state index is 12.8. The van der Waals surface area contributed by atoms with Gasteiger partial charge in [0.15, 0.2) is 6.10 Å². The molecule has 0 spiro atoms. The Labute approximate surface area is 402 Å². The van der Waals surface area contributed by atoms with Crippen LogP contribution in [0.2, 0.25) is 0 Å². The van der Waals surface area contributed by atoms with E-state index in [2.05, 4.69) is 93.7 Å². The van der Waals surface area contributed by atoms with Crippen LogP contribution in [0.5, 0.6) is 0 Å². The molecule has 0 aliphatic rings. The smallest absolute Gasteiger partial charge is 0.306 e. The fraction of sp³-hybridized carbons (Fsp3) is 0.746. The van der Waals surface area contributed by atoms with Crippen molar-refractivity contribution in [3.8, 4) is 0 Å². The molecule has 6 heteroatoms. The Bertz CT molecular complexity index is 1230. The van der Waals surface area contributed by atoms with E-state index in [4.69, 9.17) is 14.2 Å². The minimum Gasteiger partial charge on any atom is -0.462 e. The SMILES string of the molecule is CC/C=C\C/C=C\C/C=C\C/C=C\CCCCCCCCCCC(=O)OCC(COC(=O)CCCCCCC/C=C\CCCC)OC(=O)CCCCCCC/C=C\CCCCCCCC. The molecule has 0 aliphatic heterocycles. The maximum Gasteiger partial charge on any atom is 0.306 e. The predicted octanol–water partition coefficient (Wildman–Crippen LogP) is 18.2. The number of esters is 3. The summed E-state index contributed by atoms with van der Waals surface area (Å²) in [6, 6.07) is 0. The molecule has 0 aliphatic carbocycles. The van der Waals surface area contributed by atoms with E-state index in [1.165, 1.54) is 116 Å². The molecule has 0 aromatic carbocycles. The largest absolute Gasteiger partial charge is 0.462 e. The second kappa shape index (κ2) is 53.5. The molecule has 1 atom stereocenters. The number of rotatable bonds is 49. The normalized spacial score (nSPS) is 12.6. The number of carbonyl (C=O) groups excluding carboxylic acids is 3. The number of carbonyl (C=O) groups is 3. The molecule has 0 saturated carbocycles. The van der Waals surface area contributed by atoms with Crippen LogP contribution in [0.15, 0.2) is 72.9 Å². The van der Waals surface area contributed by atoms with E-state index >= 15 is 0 Å². The summed E-state index contributed by atoms with van der Waals surface area (Å²) in [4.78, 5) is 38.0. The van der Waals surface area contributed by atoms with E-state index in [1.54, 1.807) is 0 Å². The fourth-order valence-electron chi connectivity index (χ4n) is 7.53. The molecular weight excluding hydrogens is 805 g/mol. The van der Waals surface area contributed by atoms with Gasteiger partial charge < -0.3 is 14.2 Å². The highest BCUT2D eigenvalue weighted by molar-refractivity contribution is 5.71. The van der Waals surface area contributed by atoms with Crippen LogP contribution in [0.3, 0.4) is 0 Å². The van der Waals surface area contributed by atoms with Gasteiger partial charge in [-0.3, -0.25) is 14.4 Å². The number of hydrogen-bond acceptors (Lipinski definition) is 6. The predicted molar refractivity (Wildman–Crippen MR) is 279 cm³/mol. The Kier molecular flexibility index (Phi) is 50.9. The Balaban J connectivity index is 4.35. The van der Waals surface area contributed by atoms with Crippen molar-refractivity contribution >= 4 is 17.9 Å². The Morgan fingerprint density at radius 3 is 1.00 bits per heavy atom. The van der Waals surface area contributed by atoms with Crippen molar-refractivity contribution in [1.29, 1.82) is 0 Å². The first-order chi connectivity index (χ1) is 32.0. The van der Waals surface area contributed by atoms with E-state index in [9.17, 15) is 14.4 Å².